The highest BCUT2D eigenvalue weighted by Crippen LogP contribution is 2.24. The average Bonchev–Trinajstić information content (AvgIpc) is 2.77. The van der Waals surface area contributed by atoms with Crippen molar-refractivity contribution in [2.45, 2.75) is 20.4 Å². The van der Waals surface area contributed by atoms with E-state index in [1.165, 1.54) is 0 Å². The highest BCUT2D eigenvalue weighted by Gasteiger charge is 2.10. The highest BCUT2D eigenvalue weighted by molar-refractivity contribution is 9.10. The first kappa shape index (κ1) is 14.5. The third-order valence-electron chi connectivity index (χ3n) is 2.62. The maximum atomic E-state index is 6.24. The number of halogens is 2. The molecule has 6 heteroatoms. The van der Waals surface area contributed by atoms with E-state index < -0.39 is 0 Å². The van der Waals surface area contributed by atoms with Gasteiger partial charge in [0, 0.05) is 11.0 Å². The summed E-state index contributed by atoms with van der Waals surface area (Å²) in [5.74, 6) is 0.612. The fraction of sp³-hybridized carbons (Fsp3) is 0.385. The molecule has 4 nitrogen and oxygen atoms in total. The summed E-state index contributed by atoms with van der Waals surface area (Å²) < 4.78 is 2.71. The second-order valence-electron chi connectivity index (χ2n) is 4.76. The first-order valence-corrected chi connectivity index (χ1v) is 7.30. The van der Waals surface area contributed by atoms with Gasteiger partial charge in [0.25, 0.3) is 0 Å². The lowest BCUT2D eigenvalue weighted by atomic mass is 10.2. The van der Waals surface area contributed by atoms with E-state index in [2.05, 4.69) is 45.4 Å². The Balaban J connectivity index is 2.19. The van der Waals surface area contributed by atoms with Crippen LogP contribution in [0.1, 0.15) is 19.5 Å². The molecule has 1 aromatic heterocycles. The second kappa shape index (κ2) is 6.50. The molecule has 1 heterocycles. The summed E-state index contributed by atoms with van der Waals surface area (Å²) in [5.41, 5.74) is 1.83. The Morgan fingerprint density at radius 3 is 2.89 bits per heavy atom. The standard InChI is InChI=1S/C13H16BrClN4/c1-9(2)6-16-7-11-8-17-18-19(11)13-4-3-10(14)5-12(13)15/h3-5,8-9,16H,6-7H2,1-2H3. The van der Waals surface area contributed by atoms with Gasteiger partial charge in [0.2, 0.25) is 0 Å². The summed E-state index contributed by atoms with van der Waals surface area (Å²) in [4.78, 5) is 0. The molecule has 2 aromatic rings. The number of nitrogens with one attached hydrogen (secondary N) is 1. The van der Waals surface area contributed by atoms with Crippen molar-refractivity contribution in [1.29, 1.82) is 0 Å². The Morgan fingerprint density at radius 2 is 2.21 bits per heavy atom. The molecule has 0 aliphatic rings. The van der Waals surface area contributed by atoms with Gasteiger partial charge in [0.15, 0.2) is 0 Å². The van der Waals surface area contributed by atoms with Gasteiger partial charge in [-0.3, -0.25) is 0 Å². The van der Waals surface area contributed by atoms with Crippen molar-refractivity contribution >= 4 is 27.5 Å². The van der Waals surface area contributed by atoms with Gasteiger partial charge >= 0.3 is 0 Å². The topological polar surface area (TPSA) is 42.7 Å². The Labute approximate surface area is 126 Å². The van der Waals surface area contributed by atoms with Crippen LogP contribution < -0.4 is 5.32 Å². The largest absolute Gasteiger partial charge is 0.311 e. The Bertz CT molecular complexity index is 553. The molecule has 0 bridgehead atoms. The van der Waals surface area contributed by atoms with Crippen LogP contribution in [0.5, 0.6) is 0 Å². The quantitative estimate of drug-likeness (QED) is 0.904. The predicted molar refractivity (Wildman–Crippen MR) is 80.6 cm³/mol. The first-order valence-electron chi connectivity index (χ1n) is 6.13. The molecule has 0 unspecified atom stereocenters. The van der Waals surface area contributed by atoms with Gasteiger partial charge < -0.3 is 5.32 Å². The number of benzene rings is 1. The number of rotatable bonds is 5. The third-order valence-corrected chi connectivity index (χ3v) is 3.41. The van der Waals surface area contributed by atoms with Gasteiger partial charge in [-0.2, -0.15) is 0 Å². The smallest absolute Gasteiger partial charge is 0.0854 e. The number of aromatic nitrogens is 3. The molecular formula is C13H16BrClN4. The molecule has 102 valence electrons. The molecule has 0 saturated heterocycles. The van der Waals surface area contributed by atoms with Gasteiger partial charge in [-0.1, -0.05) is 46.6 Å². The van der Waals surface area contributed by atoms with Crippen LogP contribution in [0.4, 0.5) is 0 Å². The van der Waals surface area contributed by atoms with E-state index in [0.29, 0.717) is 10.9 Å². The molecule has 1 N–H and O–H groups in total. The van der Waals surface area contributed by atoms with Crippen molar-refractivity contribution in [3.05, 3.63) is 39.6 Å². The molecule has 0 saturated carbocycles. The summed E-state index contributed by atoms with van der Waals surface area (Å²) in [6, 6.07) is 5.71. The van der Waals surface area contributed by atoms with E-state index in [9.17, 15) is 0 Å². The van der Waals surface area contributed by atoms with Crippen molar-refractivity contribution in [1.82, 2.24) is 20.3 Å². The van der Waals surface area contributed by atoms with E-state index in [1.54, 1.807) is 10.9 Å². The van der Waals surface area contributed by atoms with Crippen LogP contribution in [0.3, 0.4) is 0 Å². The Morgan fingerprint density at radius 1 is 1.42 bits per heavy atom. The van der Waals surface area contributed by atoms with Gasteiger partial charge in [0.1, 0.15) is 0 Å². The molecule has 0 radical (unpaired) electrons. The molecule has 2 rings (SSSR count). The summed E-state index contributed by atoms with van der Waals surface area (Å²) in [5, 5.41) is 12.1. The van der Waals surface area contributed by atoms with Gasteiger partial charge in [-0.15, -0.1) is 5.10 Å². The summed E-state index contributed by atoms with van der Waals surface area (Å²) in [6.07, 6.45) is 1.76. The zero-order chi connectivity index (χ0) is 13.8. The van der Waals surface area contributed by atoms with E-state index in [-0.39, 0.29) is 0 Å². The summed E-state index contributed by atoms with van der Waals surface area (Å²) >= 11 is 9.63. The monoisotopic (exact) mass is 342 g/mol. The minimum Gasteiger partial charge on any atom is -0.311 e. The van der Waals surface area contributed by atoms with Crippen molar-refractivity contribution in [2.75, 3.05) is 6.54 Å². The predicted octanol–water partition coefficient (Wildman–Crippen LogP) is 3.43. The molecule has 0 amide bonds. The summed E-state index contributed by atoms with van der Waals surface area (Å²) in [6.45, 7) is 6.03. The molecule has 0 spiro atoms. The number of hydrogen-bond acceptors (Lipinski definition) is 3. The van der Waals surface area contributed by atoms with E-state index >= 15 is 0 Å². The van der Waals surface area contributed by atoms with Crippen LogP contribution in [0, 0.1) is 5.92 Å². The van der Waals surface area contributed by atoms with Crippen molar-refractivity contribution in [3.63, 3.8) is 0 Å². The van der Waals surface area contributed by atoms with Crippen LogP contribution in [0.25, 0.3) is 5.69 Å². The second-order valence-corrected chi connectivity index (χ2v) is 6.08. The molecule has 19 heavy (non-hydrogen) atoms. The minimum atomic E-state index is 0.612. The molecule has 0 aliphatic carbocycles. The van der Waals surface area contributed by atoms with Gasteiger partial charge in [-0.25, -0.2) is 4.68 Å². The molecule has 0 aliphatic heterocycles. The van der Waals surface area contributed by atoms with Crippen LogP contribution >= 0.6 is 27.5 Å². The van der Waals surface area contributed by atoms with E-state index in [1.807, 2.05) is 18.2 Å². The van der Waals surface area contributed by atoms with Crippen LogP contribution in [0.15, 0.2) is 28.9 Å². The lowest BCUT2D eigenvalue weighted by molar-refractivity contribution is 0.542. The van der Waals surface area contributed by atoms with Crippen LogP contribution in [0.2, 0.25) is 5.02 Å². The first-order chi connectivity index (χ1) is 9.08. The molecular weight excluding hydrogens is 328 g/mol. The van der Waals surface area contributed by atoms with Crippen molar-refractivity contribution in [2.24, 2.45) is 5.92 Å². The van der Waals surface area contributed by atoms with Crippen molar-refractivity contribution in [3.8, 4) is 5.69 Å². The fourth-order valence-electron chi connectivity index (χ4n) is 1.72. The molecule has 0 fully saturated rings. The lowest BCUT2D eigenvalue weighted by Gasteiger charge is -2.10. The minimum absolute atomic E-state index is 0.612. The van der Waals surface area contributed by atoms with Gasteiger partial charge in [-0.05, 0) is 30.7 Å². The Hall–Kier alpha value is -0.910. The SMILES string of the molecule is CC(C)CNCc1cnnn1-c1ccc(Br)cc1Cl. The average molecular weight is 344 g/mol. The fourth-order valence-corrected chi connectivity index (χ4v) is 2.48. The normalized spacial score (nSPS) is 11.2. The lowest BCUT2D eigenvalue weighted by Crippen LogP contribution is -2.20. The Kier molecular flexibility index (Phi) is 4.96. The maximum Gasteiger partial charge on any atom is 0.0854 e. The van der Waals surface area contributed by atoms with Crippen LogP contribution in [-0.2, 0) is 6.54 Å². The van der Waals surface area contributed by atoms with Gasteiger partial charge in [0.05, 0.1) is 22.6 Å². The number of hydrogen-bond donors (Lipinski definition) is 1. The zero-order valence-electron chi connectivity index (χ0n) is 10.9. The highest BCUT2D eigenvalue weighted by atomic mass is 79.9. The zero-order valence-corrected chi connectivity index (χ0v) is 13.2. The van der Waals surface area contributed by atoms with E-state index in [4.69, 9.17) is 11.6 Å². The number of nitrogens with zero attached hydrogens (tertiary/aromatic N) is 3. The van der Waals surface area contributed by atoms with Crippen molar-refractivity contribution < 1.29 is 0 Å². The summed E-state index contributed by atoms with van der Waals surface area (Å²) in [7, 11) is 0. The third kappa shape index (κ3) is 3.78. The van der Waals surface area contributed by atoms with E-state index in [0.717, 1.165) is 28.9 Å². The molecule has 1 aromatic carbocycles. The maximum absolute atomic E-state index is 6.24. The molecule has 0 atom stereocenters. The van der Waals surface area contributed by atoms with Crippen LogP contribution in [-0.4, -0.2) is 21.5 Å².